The Morgan fingerprint density at radius 1 is 1.43 bits per heavy atom. The molecule has 0 fully saturated rings. The molecule has 0 unspecified atom stereocenters. The molecule has 0 atom stereocenters. The molecule has 0 aliphatic heterocycles. The van der Waals surface area contributed by atoms with Crippen molar-refractivity contribution in [3.8, 4) is 0 Å². The highest BCUT2D eigenvalue weighted by Gasteiger charge is 2.31. The van der Waals surface area contributed by atoms with Crippen LogP contribution in [0.4, 0.5) is 0 Å². The molecule has 114 valence electrons. The fraction of sp³-hybridized carbons (Fsp3) is 0.385. The molecule has 2 heterocycles. The summed E-state index contributed by atoms with van der Waals surface area (Å²) < 4.78 is 27.5. The molecule has 0 N–H and O–H groups in total. The third kappa shape index (κ3) is 3.60. The van der Waals surface area contributed by atoms with Crippen LogP contribution < -0.4 is 0 Å². The molecule has 0 aromatic carbocycles. The maximum atomic E-state index is 12.8. The van der Waals surface area contributed by atoms with Crippen molar-refractivity contribution < 1.29 is 8.42 Å². The number of aromatic nitrogens is 2. The first-order chi connectivity index (χ1) is 9.82. The molecular weight excluding hydrogens is 330 g/mol. The minimum absolute atomic E-state index is 0.185. The minimum atomic E-state index is -3.63. The molecule has 0 aliphatic rings. The first-order valence-corrected chi connectivity index (χ1v) is 8.99. The zero-order chi connectivity index (χ0) is 15.6. The summed E-state index contributed by atoms with van der Waals surface area (Å²) in [5.74, 6) is 0. The van der Waals surface area contributed by atoms with Crippen LogP contribution in [0.3, 0.4) is 0 Å². The van der Waals surface area contributed by atoms with Crippen LogP contribution in [0.2, 0.25) is 4.47 Å². The SMILES string of the molecule is Cc1nc(Cl)sc1S(=O)(=O)N(Cc1cccnc1)C(C)C. The van der Waals surface area contributed by atoms with Crippen molar-refractivity contribution in [2.75, 3.05) is 0 Å². The lowest BCUT2D eigenvalue weighted by Crippen LogP contribution is -2.36. The van der Waals surface area contributed by atoms with Gasteiger partial charge in [0.05, 0.1) is 5.69 Å². The standard InChI is InChI=1S/C13H16ClN3O2S2/c1-9(2)17(8-11-5-4-6-15-7-11)21(18,19)12-10(3)16-13(14)20-12/h4-7,9H,8H2,1-3H3. The van der Waals surface area contributed by atoms with Crippen molar-refractivity contribution in [2.45, 2.75) is 37.6 Å². The first-order valence-electron chi connectivity index (χ1n) is 6.36. The maximum absolute atomic E-state index is 12.8. The van der Waals surface area contributed by atoms with E-state index in [2.05, 4.69) is 9.97 Å². The van der Waals surface area contributed by atoms with Crippen molar-refractivity contribution >= 4 is 33.0 Å². The Hall–Kier alpha value is -1.02. The Bertz CT molecular complexity index is 714. The number of halogens is 1. The molecule has 5 nitrogen and oxygen atoms in total. The van der Waals surface area contributed by atoms with Crippen LogP contribution in [0.15, 0.2) is 28.7 Å². The van der Waals surface area contributed by atoms with Gasteiger partial charge in [-0.15, -0.1) is 0 Å². The van der Waals surface area contributed by atoms with Gasteiger partial charge in [-0.3, -0.25) is 4.98 Å². The lowest BCUT2D eigenvalue weighted by molar-refractivity contribution is 0.348. The predicted octanol–water partition coefficient (Wildman–Crippen LogP) is 3.10. The van der Waals surface area contributed by atoms with Crippen LogP contribution in [0.5, 0.6) is 0 Å². The van der Waals surface area contributed by atoms with E-state index in [0.717, 1.165) is 16.9 Å². The third-order valence-corrected chi connectivity index (χ3v) is 6.78. The summed E-state index contributed by atoms with van der Waals surface area (Å²) in [5, 5.41) is 0. The molecule has 2 rings (SSSR count). The summed E-state index contributed by atoms with van der Waals surface area (Å²) in [6.07, 6.45) is 3.32. The Balaban J connectivity index is 2.40. The molecule has 0 saturated carbocycles. The minimum Gasteiger partial charge on any atom is -0.264 e. The summed E-state index contributed by atoms with van der Waals surface area (Å²) >= 11 is 6.82. The Morgan fingerprint density at radius 2 is 2.14 bits per heavy atom. The molecule has 0 bridgehead atoms. The van der Waals surface area contributed by atoms with E-state index >= 15 is 0 Å². The van der Waals surface area contributed by atoms with Gasteiger partial charge < -0.3 is 0 Å². The zero-order valence-corrected chi connectivity index (χ0v) is 14.3. The number of aryl methyl sites for hydroxylation is 1. The summed E-state index contributed by atoms with van der Waals surface area (Å²) in [7, 11) is -3.63. The topological polar surface area (TPSA) is 63.2 Å². The highest BCUT2D eigenvalue weighted by atomic mass is 35.5. The van der Waals surface area contributed by atoms with Gasteiger partial charge in [-0.05, 0) is 32.4 Å². The summed E-state index contributed by atoms with van der Waals surface area (Å²) in [6.45, 7) is 5.60. The largest absolute Gasteiger partial charge is 0.264 e. The van der Waals surface area contributed by atoms with Gasteiger partial charge in [-0.1, -0.05) is 29.0 Å². The van der Waals surface area contributed by atoms with Gasteiger partial charge in [0.2, 0.25) is 0 Å². The van der Waals surface area contributed by atoms with Gasteiger partial charge in [-0.2, -0.15) is 4.31 Å². The molecule has 0 amide bonds. The number of rotatable bonds is 5. The van der Waals surface area contributed by atoms with Crippen LogP contribution in [-0.4, -0.2) is 28.7 Å². The second kappa shape index (κ2) is 6.39. The quantitative estimate of drug-likeness (QED) is 0.835. The van der Waals surface area contributed by atoms with Crippen LogP contribution in [0, 0.1) is 6.92 Å². The van der Waals surface area contributed by atoms with E-state index in [1.54, 1.807) is 25.4 Å². The molecule has 0 aliphatic carbocycles. The van der Waals surface area contributed by atoms with Gasteiger partial charge >= 0.3 is 0 Å². The average molecular weight is 346 g/mol. The van der Waals surface area contributed by atoms with Crippen LogP contribution in [-0.2, 0) is 16.6 Å². The molecular formula is C13H16ClN3O2S2. The van der Waals surface area contributed by atoms with Gasteiger partial charge in [-0.25, -0.2) is 13.4 Å². The second-order valence-electron chi connectivity index (χ2n) is 4.84. The monoisotopic (exact) mass is 345 g/mol. The molecule has 2 aromatic rings. The summed E-state index contributed by atoms with van der Waals surface area (Å²) in [6, 6.07) is 3.45. The lowest BCUT2D eigenvalue weighted by Gasteiger charge is -2.25. The van der Waals surface area contributed by atoms with Crippen LogP contribution in [0.1, 0.15) is 25.1 Å². The normalized spacial score (nSPS) is 12.3. The number of thiazole rings is 1. The smallest absolute Gasteiger partial charge is 0.255 e. The lowest BCUT2D eigenvalue weighted by atomic mass is 10.2. The van der Waals surface area contributed by atoms with Crippen LogP contribution in [0.25, 0.3) is 0 Å². The number of hydrogen-bond acceptors (Lipinski definition) is 5. The molecule has 8 heteroatoms. The van der Waals surface area contributed by atoms with Crippen molar-refractivity contribution in [3.05, 3.63) is 40.3 Å². The number of pyridine rings is 1. The van der Waals surface area contributed by atoms with Gasteiger partial charge in [0.25, 0.3) is 10.0 Å². The second-order valence-corrected chi connectivity index (χ2v) is 8.51. The Kier molecular flexibility index (Phi) is 4.98. The number of nitrogens with zero attached hydrogens (tertiary/aromatic N) is 3. The van der Waals surface area contributed by atoms with E-state index in [4.69, 9.17) is 11.6 Å². The van der Waals surface area contributed by atoms with E-state index in [1.165, 1.54) is 4.31 Å². The highest BCUT2D eigenvalue weighted by molar-refractivity contribution is 7.91. The van der Waals surface area contributed by atoms with E-state index < -0.39 is 10.0 Å². The third-order valence-electron chi connectivity index (χ3n) is 2.91. The zero-order valence-electron chi connectivity index (χ0n) is 11.9. The Morgan fingerprint density at radius 3 is 2.62 bits per heavy atom. The fourth-order valence-corrected chi connectivity index (χ4v) is 5.39. The van der Waals surface area contributed by atoms with E-state index in [-0.39, 0.29) is 21.3 Å². The van der Waals surface area contributed by atoms with Crippen LogP contribution >= 0.6 is 22.9 Å². The van der Waals surface area contributed by atoms with Crippen molar-refractivity contribution in [2.24, 2.45) is 0 Å². The van der Waals surface area contributed by atoms with Crippen molar-refractivity contribution in [1.82, 2.24) is 14.3 Å². The molecule has 2 aromatic heterocycles. The fourth-order valence-electron chi connectivity index (χ4n) is 1.91. The predicted molar refractivity (Wildman–Crippen MR) is 84.0 cm³/mol. The average Bonchev–Trinajstić information content (AvgIpc) is 2.76. The molecule has 0 spiro atoms. The molecule has 0 radical (unpaired) electrons. The number of sulfonamides is 1. The van der Waals surface area contributed by atoms with Gasteiger partial charge in [0.15, 0.2) is 8.68 Å². The van der Waals surface area contributed by atoms with E-state index in [1.807, 2.05) is 19.9 Å². The molecule has 21 heavy (non-hydrogen) atoms. The Labute approximate surface area is 133 Å². The first kappa shape index (κ1) is 16.4. The van der Waals surface area contributed by atoms with Crippen molar-refractivity contribution in [3.63, 3.8) is 0 Å². The summed E-state index contributed by atoms with van der Waals surface area (Å²) in [5.41, 5.74) is 1.27. The van der Waals surface area contributed by atoms with E-state index in [9.17, 15) is 8.42 Å². The van der Waals surface area contributed by atoms with Gasteiger partial charge in [0.1, 0.15) is 0 Å². The maximum Gasteiger partial charge on any atom is 0.255 e. The summed E-state index contributed by atoms with van der Waals surface area (Å²) in [4.78, 5) is 8.01. The van der Waals surface area contributed by atoms with Gasteiger partial charge in [0, 0.05) is 25.0 Å². The molecule has 0 saturated heterocycles. The van der Waals surface area contributed by atoms with E-state index in [0.29, 0.717) is 5.69 Å². The van der Waals surface area contributed by atoms with Crippen molar-refractivity contribution in [1.29, 1.82) is 0 Å². The highest BCUT2D eigenvalue weighted by Crippen LogP contribution is 2.31. The number of hydrogen-bond donors (Lipinski definition) is 0.